The minimum atomic E-state index is -0.670. The lowest BCUT2D eigenvalue weighted by molar-refractivity contribution is -0.174. The number of amides is 1. The van der Waals surface area contributed by atoms with Gasteiger partial charge >= 0.3 is 0 Å². The second-order valence-electron chi connectivity index (χ2n) is 5.90. The third kappa shape index (κ3) is 2.44. The maximum atomic E-state index is 12.3. The summed E-state index contributed by atoms with van der Waals surface area (Å²) in [5, 5.41) is 0. The lowest BCUT2D eigenvalue weighted by Gasteiger charge is -2.48. The summed E-state index contributed by atoms with van der Waals surface area (Å²) < 4.78 is 6.81. The van der Waals surface area contributed by atoms with Crippen LogP contribution in [0.5, 0.6) is 0 Å². The number of halogens is 1. The molecule has 0 bridgehead atoms. The van der Waals surface area contributed by atoms with Crippen LogP contribution in [-0.4, -0.2) is 48.7 Å². The highest BCUT2D eigenvalue weighted by atomic mass is 79.9. The van der Waals surface area contributed by atoms with Gasteiger partial charge in [0.05, 0.1) is 12.6 Å². The highest BCUT2D eigenvalue weighted by Crippen LogP contribution is 2.27. The Balaban J connectivity index is 1.74. The zero-order valence-corrected chi connectivity index (χ0v) is 13.4. The molecule has 3 rings (SSSR count). The Kier molecular flexibility index (Phi) is 3.50. The Morgan fingerprint density at radius 1 is 1.25 bits per heavy atom. The van der Waals surface area contributed by atoms with E-state index in [9.17, 15) is 4.79 Å². The largest absolute Gasteiger partial charge is 0.368 e. The predicted molar refractivity (Wildman–Crippen MR) is 81.9 cm³/mol. The standard InChI is InChI=1S/C15H19BrN2O2/c1-15(2)14(19)18-8-7-17(9-13(18)10-20-15)12-5-3-11(16)4-6-12/h3-6,13H,7-10H2,1-2H3/t13-/m1/s1. The molecule has 0 radical (unpaired) electrons. The zero-order chi connectivity index (χ0) is 14.3. The minimum absolute atomic E-state index is 0.115. The predicted octanol–water partition coefficient (Wildman–Crippen LogP) is 2.28. The van der Waals surface area contributed by atoms with Crippen LogP contribution in [0.3, 0.4) is 0 Å². The van der Waals surface area contributed by atoms with Gasteiger partial charge in [-0.05, 0) is 38.1 Å². The van der Waals surface area contributed by atoms with Crippen LogP contribution in [0.1, 0.15) is 13.8 Å². The number of carbonyl (C=O) groups is 1. The molecule has 4 nitrogen and oxygen atoms in total. The molecule has 2 saturated heterocycles. The van der Waals surface area contributed by atoms with E-state index in [1.807, 2.05) is 30.9 Å². The van der Waals surface area contributed by atoms with Crippen LogP contribution in [0, 0.1) is 0 Å². The number of fused-ring (bicyclic) bond motifs is 1. The van der Waals surface area contributed by atoms with Gasteiger partial charge in [-0.15, -0.1) is 0 Å². The molecule has 1 aromatic rings. The molecule has 0 spiro atoms. The molecule has 20 heavy (non-hydrogen) atoms. The van der Waals surface area contributed by atoms with Gasteiger partial charge < -0.3 is 14.5 Å². The SMILES string of the molecule is CC1(C)OC[C@H]2CN(c3ccc(Br)cc3)CCN2C1=O. The maximum Gasteiger partial charge on any atom is 0.254 e. The van der Waals surface area contributed by atoms with Gasteiger partial charge in [-0.25, -0.2) is 0 Å². The number of hydrogen-bond donors (Lipinski definition) is 0. The first-order chi connectivity index (χ1) is 9.47. The van der Waals surface area contributed by atoms with Crippen molar-refractivity contribution in [3.63, 3.8) is 0 Å². The molecule has 2 fully saturated rings. The molecule has 2 heterocycles. The summed E-state index contributed by atoms with van der Waals surface area (Å²) in [7, 11) is 0. The van der Waals surface area contributed by atoms with Crippen LogP contribution >= 0.6 is 15.9 Å². The van der Waals surface area contributed by atoms with Crippen molar-refractivity contribution in [3.05, 3.63) is 28.7 Å². The first-order valence-corrected chi connectivity index (χ1v) is 7.72. The van der Waals surface area contributed by atoms with Crippen LogP contribution in [-0.2, 0) is 9.53 Å². The van der Waals surface area contributed by atoms with Crippen molar-refractivity contribution in [2.24, 2.45) is 0 Å². The fourth-order valence-corrected chi connectivity index (χ4v) is 3.13. The normalized spacial score (nSPS) is 25.6. The van der Waals surface area contributed by atoms with E-state index in [-0.39, 0.29) is 11.9 Å². The second kappa shape index (κ2) is 5.04. The van der Waals surface area contributed by atoms with Crippen LogP contribution in [0.4, 0.5) is 5.69 Å². The van der Waals surface area contributed by atoms with Crippen molar-refractivity contribution in [2.45, 2.75) is 25.5 Å². The number of anilines is 1. The molecule has 1 aromatic carbocycles. The molecular formula is C15H19BrN2O2. The van der Waals surface area contributed by atoms with E-state index in [0.717, 1.165) is 24.1 Å². The summed E-state index contributed by atoms with van der Waals surface area (Å²) in [5.74, 6) is 0.115. The first kappa shape index (κ1) is 13.9. The van der Waals surface area contributed by atoms with E-state index in [1.165, 1.54) is 5.69 Å². The molecule has 2 aliphatic rings. The van der Waals surface area contributed by atoms with Gasteiger partial charge in [-0.3, -0.25) is 4.79 Å². The van der Waals surface area contributed by atoms with Crippen molar-refractivity contribution < 1.29 is 9.53 Å². The quantitative estimate of drug-likeness (QED) is 0.787. The number of nitrogens with zero attached hydrogens (tertiary/aromatic N) is 2. The van der Waals surface area contributed by atoms with Crippen molar-refractivity contribution in [2.75, 3.05) is 31.1 Å². The van der Waals surface area contributed by atoms with Gasteiger partial charge in [-0.2, -0.15) is 0 Å². The smallest absolute Gasteiger partial charge is 0.254 e. The average Bonchev–Trinajstić information content (AvgIpc) is 2.44. The Morgan fingerprint density at radius 3 is 2.65 bits per heavy atom. The van der Waals surface area contributed by atoms with Gasteiger partial charge in [0.2, 0.25) is 0 Å². The molecule has 0 aromatic heterocycles. The number of benzene rings is 1. The molecule has 108 valence electrons. The van der Waals surface area contributed by atoms with Gasteiger partial charge in [0.15, 0.2) is 0 Å². The van der Waals surface area contributed by atoms with Crippen molar-refractivity contribution >= 4 is 27.5 Å². The highest BCUT2D eigenvalue weighted by Gasteiger charge is 2.43. The fraction of sp³-hybridized carbons (Fsp3) is 0.533. The van der Waals surface area contributed by atoms with Crippen molar-refractivity contribution in [1.82, 2.24) is 4.90 Å². The van der Waals surface area contributed by atoms with Gasteiger partial charge in [0.1, 0.15) is 5.60 Å². The van der Waals surface area contributed by atoms with Gasteiger partial charge in [0.25, 0.3) is 5.91 Å². The van der Waals surface area contributed by atoms with E-state index in [2.05, 4.69) is 33.0 Å². The van der Waals surface area contributed by atoms with E-state index in [1.54, 1.807) is 0 Å². The second-order valence-corrected chi connectivity index (χ2v) is 6.81. The van der Waals surface area contributed by atoms with Crippen LogP contribution in [0.25, 0.3) is 0 Å². The minimum Gasteiger partial charge on any atom is -0.368 e. The third-order valence-corrected chi connectivity index (χ3v) is 4.62. The summed E-state index contributed by atoms with van der Waals surface area (Å²) in [4.78, 5) is 16.7. The number of rotatable bonds is 1. The molecule has 0 unspecified atom stereocenters. The van der Waals surface area contributed by atoms with E-state index in [0.29, 0.717) is 6.61 Å². The Morgan fingerprint density at radius 2 is 1.95 bits per heavy atom. The Labute approximate surface area is 127 Å². The number of piperazine rings is 1. The molecule has 0 saturated carbocycles. The topological polar surface area (TPSA) is 32.8 Å². The van der Waals surface area contributed by atoms with E-state index in [4.69, 9.17) is 4.74 Å². The molecule has 0 aliphatic carbocycles. The monoisotopic (exact) mass is 338 g/mol. The van der Waals surface area contributed by atoms with Crippen molar-refractivity contribution in [3.8, 4) is 0 Å². The fourth-order valence-electron chi connectivity index (χ4n) is 2.86. The Hall–Kier alpha value is -1.07. The number of ether oxygens (including phenoxy) is 1. The molecule has 2 aliphatic heterocycles. The van der Waals surface area contributed by atoms with Gasteiger partial charge in [-0.1, -0.05) is 15.9 Å². The summed E-state index contributed by atoms with van der Waals surface area (Å²) in [6, 6.07) is 8.47. The lowest BCUT2D eigenvalue weighted by atomic mass is 10.0. The molecule has 0 N–H and O–H groups in total. The van der Waals surface area contributed by atoms with Crippen LogP contribution in [0.2, 0.25) is 0 Å². The van der Waals surface area contributed by atoms with Crippen LogP contribution in [0.15, 0.2) is 28.7 Å². The molecular weight excluding hydrogens is 320 g/mol. The summed E-state index contributed by atoms with van der Waals surface area (Å²) in [6.07, 6.45) is 0. The average molecular weight is 339 g/mol. The highest BCUT2D eigenvalue weighted by molar-refractivity contribution is 9.10. The zero-order valence-electron chi connectivity index (χ0n) is 11.8. The number of hydrogen-bond acceptors (Lipinski definition) is 3. The summed E-state index contributed by atoms with van der Waals surface area (Å²) in [6.45, 7) is 6.81. The molecule has 5 heteroatoms. The third-order valence-electron chi connectivity index (χ3n) is 4.09. The Bertz CT molecular complexity index is 515. The summed E-state index contributed by atoms with van der Waals surface area (Å²) in [5.41, 5.74) is 0.529. The van der Waals surface area contributed by atoms with E-state index < -0.39 is 5.60 Å². The maximum absolute atomic E-state index is 12.3. The number of carbonyl (C=O) groups excluding carboxylic acids is 1. The molecule has 1 atom stereocenters. The van der Waals surface area contributed by atoms with E-state index >= 15 is 0 Å². The number of morpholine rings is 1. The first-order valence-electron chi connectivity index (χ1n) is 6.93. The van der Waals surface area contributed by atoms with Crippen LogP contribution < -0.4 is 4.90 Å². The van der Waals surface area contributed by atoms with Crippen molar-refractivity contribution in [1.29, 1.82) is 0 Å². The molecule has 1 amide bonds. The lowest BCUT2D eigenvalue weighted by Crippen LogP contribution is -2.65. The van der Waals surface area contributed by atoms with Gasteiger partial charge in [0, 0.05) is 29.8 Å². The summed E-state index contributed by atoms with van der Waals surface area (Å²) >= 11 is 3.45.